The predicted octanol–water partition coefficient (Wildman–Crippen LogP) is 2.64. The van der Waals surface area contributed by atoms with Crippen LogP contribution in [-0.2, 0) is 0 Å². The minimum absolute atomic E-state index is 0.427. The Hall–Kier alpha value is -1.68. The SMILES string of the molecule is C=C(CNC(C)C)COc1c(OC)cccc1OC. The molecule has 1 N–H and O–H groups in total. The zero-order chi connectivity index (χ0) is 14.3. The number of para-hydroxylation sites is 1. The first-order chi connectivity index (χ1) is 9.08. The molecule has 0 amide bonds. The van der Waals surface area contributed by atoms with Gasteiger partial charge in [-0.05, 0) is 17.7 Å². The van der Waals surface area contributed by atoms with Crippen molar-refractivity contribution in [3.05, 3.63) is 30.4 Å². The zero-order valence-corrected chi connectivity index (χ0v) is 12.2. The highest BCUT2D eigenvalue weighted by molar-refractivity contribution is 5.51. The number of methoxy groups -OCH3 is 2. The molecule has 0 fully saturated rings. The molecule has 4 nitrogen and oxygen atoms in total. The maximum Gasteiger partial charge on any atom is 0.203 e. The highest BCUT2D eigenvalue weighted by atomic mass is 16.5. The van der Waals surface area contributed by atoms with E-state index in [1.165, 1.54) is 0 Å². The Bertz CT molecular complexity index is 394. The fourth-order valence-electron chi connectivity index (χ4n) is 1.53. The van der Waals surface area contributed by atoms with E-state index in [0.29, 0.717) is 29.9 Å². The van der Waals surface area contributed by atoms with Crippen molar-refractivity contribution in [2.45, 2.75) is 19.9 Å². The van der Waals surface area contributed by atoms with Crippen LogP contribution in [0.2, 0.25) is 0 Å². The smallest absolute Gasteiger partial charge is 0.203 e. The van der Waals surface area contributed by atoms with Gasteiger partial charge in [0.2, 0.25) is 5.75 Å². The van der Waals surface area contributed by atoms with E-state index in [0.717, 1.165) is 12.1 Å². The maximum atomic E-state index is 5.75. The Morgan fingerprint density at radius 1 is 1.21 bits per heavy atom. The van der Waals surface area contributed by atoms with Crippen LogP contribution >= 0.6 is 0 Å². The highest BCUT2D eigenvalue weighted by Gasteiger charge is 2.11. The van der Waals surface area contributed by atoms with E-state index in [2.05, 4.69) is 25.7 Å². The molecule has 1 aromatic carbocycles. The van der Waals surface area contributed by atoms with Gasteiger partial charge in [-0.1, -0.05) is 26.5 Å². The van der Waals surface area contributed by atoms with Gasteiger partial charge in [0.1, 0.15) is 6.61 Å². The summed E-state index contributed by atoms with van der Waals surface area (Å²) < 4.78 is 16.3. The van der Waals surface area contributed by atoms with Crippen LogP contribution in [0, 0.1) is 0 Å². The second-order valence-corrected chi connectivity index (χ2v) is 4.57. The number of hydrogen-bond donors (Lipinski definition) is 1. The molecule has 0 saturated carbocycles. The average molecular weight is 265 g/mol. The van der Waals surface area contributed by atoms with Crippen molar-refractivity contribution in [2.24, 2.45) is 0 Å². The molecule has 0 aromatic heterocycles. The Kier molecular flexibility index (Phi) is 6.22. The normalized spacial score (nSPS) is 10.4. The summed E-state index contributed by atoms with van der Waals surface area (Å²) in [5.74, 6) is 1.92. The van der Waals surface area contributed by atoms with E-state index in [1.807, 2.05) is 18.2 Å². The lowest BCUT2D eigenvalue weighted by Gasteiger charge is -2.15. The lowest BCUT2D eigenvalue weighted by molar-refractivity contribution is 0.293. The molecule has 0 radical (unpaired) electrons. The second kappa shape index (κ2) is 7.69. The minimum atomic E-state index is 0.427. The summed E-state index contributed by atoms with van der Waals surface area (Å²) in [4.78, 5) is 0. The fraction of sp³-hybridized carbons (Fsp3) is 0.467. The molecule has 1 rings (SSSR count). The molecule has 0 unspecified atom stereocenters. The molecule has 4 heteroatoms. The molecule has 0 aliphatic heterocycles. The van der Waals surface area contributed by atoms with E-state index in [4.69, 9.17) is 14.2 Å². The topological polar surface area (TPSA) is 39.7 Å². The minimum Gasteiger partial charge on any atom is -0.493 e. The van der Waals surface area contributed by atoms with Gasteiger partial charge in [0.25, 0.3) is 0 Å². The van der Waals surface area contributed by atoms with Crippen molar-refractivity contribution in [1.82, 2.24) is 5.32 Å². The molecule has 106 valence electrons. The van der Waals surface area contributed by atoms with Crippen LogP contribution in [0.4, 0.5) is 0 Å². The molecule has 0 aliphatic rings. The summed E-state index contributed by atoms with van der Waals surface area (Å²) in [6, 6.07) is 5.97. The first-order valence-corrected chi connectivity index (χ1v) is 6.32. The van der Waals surface area contributed by atoms with Crippen LogP contribution in [0.3, 0.4) is 0 Å². The van der Waals surface area contributed by atoms with Gasteiger partial charge in [0.15, 0.2) is 11.5 Å². The van der Waals surface area contributed by atoms with Gasteiger partial charge in [-0.2, -0.15) is 0 Å². The molecular weight excluding hydrogens is 242 g/mol. The molecule has 1 aromatic rings. The van der Waals surface area contributed by atoms with Gasteiger partial charge < -0.3 is 19.5 Å². The predicted molar refractivity (Wildman–Crippen MR) is 77.3 cm³/mol. The third-order valence-electron chi connectivity index (χ3n) is 2.56. The average Bonchev–Trinajstić information content (AvgIpc) is 2.42. The van der Waals surface area contributed by atoms with E-state index < -0.39 is 0 Å². The van der Waals surface area contributed by atoms with E-state index in [9.17, 15) is 0 Å². The Morgan fingerprint density at radius 2 is 1.79 bits per heavy atom. The molecule has 0 heterocycles. The van der Waals surface area contributed by atoms with Crippen LogP contribution in [0.5, 0.6) is 17.2 Å². The third-order valence-corrected chi connectivity index (χ3v) is 2.56. The molecular formula is C15H23NO3. The molecule has 0 atom stereocenters. The van der Waals surface area contributed by atoms with Crippen LogP contribution in [0.15, 0.2) is 30.4 Å². The zero-order valence-electron chi connectivity index (χ0n) is 12.2. The van der Waals surface area contributed by atoms with Crippen molar-refractivity contribution in [2.75, 3.05) is 27.4 Å². The van der Waals surface area contributed by atoms with Crippen molar-refractivity contribution in [3.63, 3.8) is 0 Å². The lowest BCUT2D eigenvalue weighted by atomic mass is 10.2. The number of nitrogens with one attached hydrogen (secondary N) is 1. The first kappa shape index (κ1) is 15.4. The summed E-state index contributed by atoms with van der Waals surface area (Å²) >= 11 is 0. The van der Waals surface area contributed by atoms with Crippen LogP contribution < -0.4 is 19.5 Å². The number of hydrogen-bond acceptors (Lipinski definition) is 4. The standard InChI is InChI=1S/C15H23NO3/c1-11(2)16-9-12(3)10-19-15-13(17-4)7-6-8-14(15)18-5/h6-8,11,16H,3,9-10H2,1-2,4-5H3. The van der Waals surface area contributed by atoms with Gasteiger partial charge in [-0.3, -0.25) is 0 Å². The van der Waals surface area contributed by atoms with Gasteiger partial charge in [-0.25, -0.2) is 0 Å². The summed E-state index contributed by atoms with van der Waals surface area (Å²) in [5.41, 5.74) is 0.974. The Labute approximate surface area is 115 Å². The first-order valence-electron chi connectivity index (χ1n) is 6.32. The number of rotatable bonds is 8. The van der Waals surface area contributed by atoms with Crippen molar-refractivity contribution in [3.8, 4) is 17.2 Å². The lowest BCUT2D eigenvalue weighted by Crippen LogP contribution is -2.26. The van der Waals surface area contributed by atoms with Crippen LogP contribution in [0.1, 0.15) is 13.8 Å². The molecule has 0 bridgehead atoms. The Morgan fingerprint density at radius 3 is 2.26 bits per heavy atom. The van der Waals surface area contributed by atoms with E-state index in [1.54, 1.807) is 14.2 Å². The monoisotopic (exact) mass is 265 g/mol. The molecule has 0 aliphatic carbocycles. The molecule has 0 spiro atoms. The van der Waals surface area contributed by atoms with Crippen molar-refractivity contribution >= 4 is 0 Å². The highest BCUT2D eigenvalue weighted by Crippen LogP contribution is 2.36. The fourth-order valence-corrected chi connectivity index (χ4v) is 1.53. The van der Waals surface area contributed by atoms with E-state index in [-0.39, 0.29) is 0 Å². The van der Waals surface area contributed by atoms with Crippen LogP contribution in [0.25, 0.3) is 0 Å². The third kappa shape index (κ3) is 4.83. The summed E-state index contributed by atoms with van der Waals surface area (Å²) in [6.45, 7) is 9.33. The second-order valence-electron chi connectivity index (χ2n) is 4.57. The molecule has 19 heavy (non-hydrogen) atoms. The maximum absolute atomic E-state index is 5.75. The van der Waals surface area contributed by atoms with Crippen LogP contribution in [-0.4, -0.2) is 33.4 Å². The van der Waals surface area contributed by atoms with Gasteiger partial charge >= 0.3 is 0 Å². The molecule has 0 saturated heterocycles. The van der Waals surface area contributed by atoms with Gasteiger partial charge in [-0.15, -0.1) is 0 Å². The number of ether oxygens (including phenoxy) is 3. The van der Waals surface area contributed by atoms with Crippen molar-refractivity contribution < 1.29 is 14.2 Å². The van der Waals surface area contributed by atoms with Gasteiger partial charge in [0, 0.05) is 12.6 Å². The van der Waals surface area contributed by atoms with E-state index >= 15 is 0 Å². The summed E-state index contributed by atoms with van der Waals surface area (Å²) in [6.07, 6.45) is 0. The van der Waals surface area contributed by atoms with Gasteiger partial charge in [0.05, 0.1) is 14.2 Å². The summed E-state index contributed by atoms with van der Waals surface area (Å²) in [5, 5.41) is 3.30. The summed E-state index contributed by atoms with van der Waals surface area (Å²) in [7, 11) is 3.22. The quantitative estimate of drug-likeness (QED) is 0.734. The largest absolute Gasteiger partial charge is 0.493 e. The Balaban J connectivity index is 2.63. The number of benzene rings is 1. The van der Waals surface area contributed by atoms with Crippen molar-refractivity contribution in [1.29, 1.82) is 0 Å².